The third kappa shape index (κ3) is 3.45. The molecule has 1 aromatic carbocycles. The summed E-state index contributed by atoms with van der Waals surface area (Å²) in [7, 11) is 0. The molecule has 1 atom stereocenters. The second kappa shape index (κ2) is 6.30. The second-order valence-electron chi connectivity index (χ2n) is 7.34. The Labute approximate surface area is 143 Å². The molecule has 0 saturated carbocycles. The summed E-state index contributed by atoms with van der Waals surface area (Å²) >= 11 is 0. The summed E-state index contributed by atoms with van der Waals surface area (Å²) in [5.41, 5.74) is 0.738. The quantitative estimate of drug-likeness (QED) is 0.801. The van der Waals surface area contributed by atoms with Crippen LogP contribution in [-0.4, -0.2) is 47.3 Å². The highest BCUT2D eigenvalue weighted by Gasteiger charge is 2.31. The summed E-state index contributed by atoms with van der Waals surface area (Å²) in [6.07, 6.45) is 3.49. The molecule has 1 aliphatic heterocycles. The zero-order chi connectivity index (χ0) is 17.3. The topological polar surface area (TPSA) is 45.7 Å². The number of hydrogen-bond acceptors (Lipinski definition) is 4. The summed E-state index contributed by atoms with van der Waals surface area (Å²) < 4.78 is 5.52. The lowest BCUT2D eigenvalue weighted by Gasteiger charge is -2.41. The van der Waals surface area contributed by atoms with E-state index in [1.807, 2.05) is 38.1 Å². The Kier molecular flexibility index (Phi) is 4.35. The molecule has 1 saturated heterocycles. The van der Waals surface area contributed by atoms with E-state index in [2.05, 4.69) is 41.1 Å². The molecule has 1 fully saturated rings. The zero-order valence-electron chi connectivity index (χ0n) is 14.8. The number of pyridine rings is 1. The molecule has 24 heavy (non-hydrogen) atoms. The summed E-state index contributed by atoms with van der Waals surface area (Å²) in [5.74, 6) is 0. The Hall–Kier alpha value is -2.30. The first-order valence-corrected chi connectivity index (χ1v) is 8.42. The van der Waals surface area contributed by atoms with Crippen LogP contribution < -0.4 is 4.90 Å². The van der Waals surface area contributed by atoms with Crippen molar-refractivity contribution in [1.82, 2.24) is 9.88 Å². The van der Waals surface area contributed by atoms with Gasteiger partial charge in [-0.25, -0.2) is 4.79 Å². The first-order valence-electron chi connectivity index (χ1n) is 8.42. The number of rotatable bonds is 1. The molecule has 2 heterocycles. The van der Waals surface area contributed by atoms with Crippen molar-refractivity contribution >= 4 is 22.6 Å². The summed E-state index contributed by atoms with van der Waals surface area (Å²) in [6.45, 7) is 10.0. The molecule has 1 amide bonds. The number of ether oxygens (including phenoxy) is 1. The van der Waals surface area contributed by atoms with Crippen LogP contribution in [0.2, 0.25) is 0 Å². The van der Waals surface area contributed by atoms with Gasteiger partial charge in [-0.05, 0) is 39.8 Å². The maximum atomic E-state index is 12.4. The van der Waals surface area contributed by atoms with Gasteiger partial charge in [0.25, 0.3) is 0 Å². The molecule has 0 radical (unpaired) electrons. The van der Waals surface area contributed by atoms with Crippen LogP contribution in [-0.2, 0) is 4.74 Å². The minimum absolute atomic E-state index is 0.102. The number of amides is 1. The van der Waals surface area contributed by atoms with Crippen LogP contribution in [0.5, 0.6) is 0 Å². The number of piperazine rings is 1. The standard InChI is InChI=1S/C19H25N3O2/c1-14-13-21(10-11-22(14)18(23)24-19(2,3)4)17-7-5-6-15-12-20-9-8-16(15)17/h5-9,12,14H,10-11,13H2,1-4H3. The molecule has 1 aromatic heterocycles. The van der Waals surface area contributed by atoms with Crippen LogP contribution in [0.15, 0.2) is 36.7 Å². The molecule has 0 aliphatic carbocycles. The van der Waals surface area contributed by atoms with Crippen molar-refractivity contribution in [1.29, 1.82) is 0 Å². The number of hydrogen-bond donors (Lipinski definition) is 0. The van der Waals surface area contributed by atoms with Gasteiger partial charge in [0.1, 0.15) is 5.60 Å². The minimum atomic E-state index is -0.462. The van der Waals surface area contributed by atoms with Crippen molar-refractivity contribution in [2.24, 2.45) is 0 Å². The van der Waals surface area contributed by atoms with Crippen LogP contribution in [0.3, 0.4) is 0 Å². The fourth-order valence-electron chi connectivity index (χ4n) is 3.15. The van der Waals surface area contributed by atoms with Gasteiger partial charge in [-0.2, -0.15) is 0 Å². The number of carbonyl (C=O) groups is 1. The SMILES string of the molecule is CC1CN(c2cccc3cnccc23)CCN1C(=O)OC(C)(C)C. The maximum absolute atomic E-state index is 12.4. The van der Waals surface area contributed by atoms with E-state index in [-0.39, 0.29) is 12.1 Å². The number of fused-ring (bicyclic) bond motifs is 1. The number of benzene rings is 1. The normalized spacial score (nSPS) is 18.8. The third-order valence-corrected chi connectivity index (χ3v) is 4.25. The minimum Gasteiger partial charge on any atom is -0.444 e. The van der Waals surface area contributed by atoms with Gasteiger partial charge >= 0.3 is 6.09 Å². The zero-order valence-corrected chi connectivity index (χ0v) is 14.8. The largest absolute Gasteiger partial charge is 0.444 e. The van der Waals surface area contributed by atoms with Gasteiger partial charge in [0.15, 0.2) is 0 Å². The molecule has 0 bridgehead atoms. The van der Waals surface area contributed by atoms with Gasteiger partial charge in [0.2, 0.25) is 0 Å². The van der Waals surface area contributed by atoms with Gasteiger partial charge in [0, 0.05) is 54.5 Å². The number of nitrogens with zero attached hydrogens (tertiary/aromatic N) is 3. The number of carbonyl (C=O) groups excluding carboxylic acids is 1. The molecule has 0 N–H and O–H groups in total. The van der Waals surface area contributed by atoms with Crippen LogP contribution in [0.4, 0.5) is 10.5 Å². The predicted molar refractivity (Wildman–Crippen MR) is 96.4 cm³/mol. The third-order valence-electron chi connectivity index (χ3n) is 4.25. The molecule has 1 aliphatic rings. The van der Waals surface area contributed by atoms with Gasteiger partial charge in [-0.15, -0.1) is 0 Å². The van der Waals surface area contributed by atoms with Crippen LogP contribution >= 0.6 is 0 Å². The Morgan fingerprint density at radius 2 is 2.04 bits per heavy atom. The lowest BCUT2D eigenvalue weighted by molar-refractivity contribution is 0.0159. The molecule has 5 nitrogen and oxygen atoms in total. The highest BCUT2D eigenvalue weighted by molar-refractivity contribution is 5.93. The monoisotopic (exact) mass is 327 g/mol. The van der Waals surface area contributed by atoms with Gasteiger partial charge < -0.3 is 14.5 Å². The molecule has 128 valence electrons. The first-order chi connectivity index (χ1) is 11.3. The predicted octanol–water partition coefficient (Wildman–Crippen LogP) is 3.68. The summed E-state index contributed by atoms with van der Waals surface area (Å²) in [6, 6.07) is 8.43. The highest BCUT2D eigenvalue weighted by Crippen LogP contribution is 2.28. The van der Waals surface area contributed by atoms with Crippen LogP contribution in [0.1, 0.15) is 27.7 Å². The van der Waals surface area contributed by atoms with E-state index in [0.29, 0.717) is 6.54 Å². The van der Waals surface area contributed by atoms with E-state index in [1.165, 1.54) is 11.1 Å². The Balaban J connectivity index is 1.77. The molecule has 0 spiro atoms. The molecular weight excluding hydrogens is 302 g/mol. The van der Waals surface area contributed by atoms with E-state index in [0.717, 1.165) is 18.5 Å². The average Bonchev–Trinajstić information content (AvgIpc) is 2.52. The average molecular weight is 327 g/mol. The second-order valence-corrected chi connectivity index (χ2v) is 7.34. The summed E-state index contributed by atoms with van der Waals surface area (Å²) in [4.78, 5) is 20.7. The molecule has 1 unspecified atom stereocenters. The van der Waals surface area contributed by atoms with E-state index in [1.54, 1.807) is 0 Å². The lowest BCUT2D eigenvalue weighted by atomic mass is 10.1. The van der Waals surface area contributed by atoms with Crippen molar-refractivity contribution in [3.05, 3.63) is 36.7 Å². The lowest BCUT2D eigenvalue weighted by Crippen LogP contribution is -2.55. The van der Waals surface area contributed by atoms with Gasteiger partial charge in [0.05, 0.1) is 0 Å². The molecule has 3 rings (SSSR count). The number of anilines is 1. The maximum Gasteiger partial charge on any atom is 0.410 e. The first kappa shape index (κ1) is 16.6. The van der Waals surface area contributed by atoms with Gasteiger partial charge in [-0.1, -0.05) is 12.1 Å². The summed E-state index contributed by atoms with van der Waals surface area (Å²) in [5, 5.41) is 2.34. The van der Waals surface area contributed by atoms with E-state index >= 15 is 0 Å². The fraction of sp³-hybridized carbons (Fsp3) is 0.474. The van der Waals surface area contributed by atoms with E-state index in [4.69, 9.17) is 4.74 Å². The Bertz CT molecular complexity index is 733. The van der Waals surface area contributed by atoms with Crippen LogP contribution in [0, 0.1) is 0 Å². The van der Waals surface area contributed by atoms with Crippen molar-refractivity contribution in [2.45, 2.75) is 39.3 Å². The van der Waals surface area contributed by atoms with Crippen molar-refractivity contribution in [2.75, 3.05) is 24.5 Å². The van der Waals surface area contributed by atoms with Gasteiger partial charge in [-0.3, -0.25) is 4.98 Å². The van der Waals surface area contributed by atoms with E-state index in [9.17, 15) is 4.79 Å². The number of aromatic nitrogens is 1. The van der Waals surface area contributed by atoms with E-state index < -0.39 is 5.60 Å². The van der Waals surface area contributed by atoms with Crippen LogP contribution in [0.25, 0.3) is 10.8 Å². The highest BCUT2D eigenvalue weighted by atomic mass is 16.6. The fourth-order valence-corrected chi connectivity index (χ4v) is 3.15. The van der Waals surface area contributed by atoms with Crippen molar-refractivity contribution in [3.63, 3.8) is 0 Å². The Morgan fingerprint density at radius 1 is 1.25 bits per heavy atom. The van der Waals surface area contributed by atoms with Crippen molar-refractivity contribution < 1.29 is 9.53 Å². The molecular formula is C19H25N3O2. The molecule has 5 heteroatoms. The van der Waals surface area contributed by atoms with Crippen molar-refractivity contribution in [3.8, 4) is 0 Å². The smallest absolute Gasteiger partial charge is 0.410 e. The molecule has 2 aromatic rings. The Morgan fingerprint density at radius 3 is 2.75 bits per heavy atom.